The van der Waals surface area contributed by atoms with Crippen LogP contribution in [0.15, 0.2) is 0 Å². The highest BCUT2D eigenvalue weighted by Gasteiger charge is 2.42. The van der Waals surface area contributed by atoms with Gasteiger partial charge in [-0.1, -0.05) is 0 Å². The average molecular weight is 643 g/mol. The molecule has 36 heavy (non-hydrogen) atoms. The first kappa shape index (κ1) is 38.6. The minimum atomic E-state index is -5.67. The van der Waals surface area contributed by atoms with Gasteiger partial charge in [-0.25, -0.2) is 4.57 Å². The molecule has 0 atom stereocenters. The summed E-state index contributed by atoms with van der Waals surface area (Å²) in [6.45, 7) is 12.3. The molecule has 0 aliphatic heterocycles. The quantitative estimate of drug-likeness (QED) is 0.120. The third-order valence-electron chi connectivity index (χ3n) is 2.20. The van der Waals surface area contributed by atoms with Crippen LogP contribution in [0.3, 0.4) is 0 Å². The lowest BCUT2D eigenvalue weighted by atomic mass is 10.7. The van der Waals surface area contributed by atoms with Crippen molar-refractivity contribution in [1.29, 1.82) is 0 Å². The molecule has 0 saturated heterocycles. The predicted octanol–water partition coefficient (Wildman–Crippen LogP) is 8.60. The maximum absolute atomic E-state index is 11.7. The van der Waals surface area contributed by atoms with Crippen molar-refractivity contribution < 1.29 is 70.3 Å². The number of hydrogen-bond acceptors (Lipinski definition) is 7. The molecule has 0 aliphatic carbocycles. The van der Waals surface area contributed by atoms with Gasteiger partial charge in [-0.05, 0) is 58.9 Å². The molecule has 0 bridgehead atoms. The van der Waals surface area contributed by atoms with Gasteiger partial charge in [0.1, 0.15) is 0 Å². The van der Waals surface area contributed by atoms with Gasteiger partial charge in [0.25, 0.3) is 8.60 Å². The van der Waals surface area contributed by atoms with Crippen LogP contribution in [0.5, 0.6) is 0 Å². The molecule has 0 fully saturated rings. The molecule has 0 unspecified atom stereocenters. The van der Waals surface area contributed by atoms with E-state index >= 15 is 0 Å². The molecule has 0 radical (unpaired) electrons. The highest BCUT2D eigenvalue weighted by atomic mass is 31.2. The Morgan fingerprint density at radius 1 is 0.528 bits per heavy atom. The van der Waals surface area contributed by atoms with Crippen molar-refractivity contribution in [3.63, 3.8) is 0 Å². The van der Waals surface area contributed by atoms with Crippen LogP contribution >= 0.6 is 16.4 Å². The second kappa shape index (κ2) is 14.2. The molecule has 0 N–H and O–H groups in total. The molecule has 220 valence electrons. The Morgan fingerprint density at radius 3 is 0.861 bits per heavy atom. The first-order valence-corrected chi connectivity index (χ1v) is 22.8. The molecule has 0 spiro atoms. The minimum absolute atomic E-state index is 1.14. The van der Waals surface area contributed by atoms with Crippen molar-refractivity contribution in [2.24, 2.45) is 0 Å². The zero-order valence-corrected chi connectivity index (χ0v) is 26.1. The summed E-state index contributed by atoms with van der Waals surface area (Å²) in [5.41, 5.74) is 0. The molecule has 0 aliphatic rings. The van der Waals surface area contributed by atoms with Crippen molar-refractivity contribution in [2.75, 3.05) is 19.8 Å². The van der Waals surface area contributed by atoms with E-state index < -0.39 is 79.7 Å². The largest absolute Gasteiger partial charge is 0.475 e. The SMILES string of the molecule is C[Si](C)(C)OP(O[Si](C)(C)C)O[Si](C)(C)C.O=P(OCC(F)(F)F)(OCC(F)(F)F)OCC(F)(F)F. The Hall–Kier alpha value is 0.441. The fraction of sp³-hybridized carbons (Fsp3) is 1.00. The smallest absolute Gasteiger partial charge is 0.356 e. The number of hydrogen-bond donors (Lipinski definition) is 0. The van der Waals surface area contributed by atoms with E-state index in [-0.39, 0.29) is 0 Å². The normalized spacial score (nSPS) is 14.6. The van der Waals surface area contributed by atoms with Crippen LogP contribution in [-0.2, 0) is 30.8 Å². The number of phosphoric acid groups is 1. The van der Waals surface area contributed by atoms with Gasteiger partial charge >= 0.3 is 26.4 Å². The number of halogens is 9. The molecular formula is C15H33F9O7P2Si3. The zero-order valence-electron chi connectivity index (χ0n) is 21.3. The van der Waals surface area contributed by atoms with Crippen molar-refractivity contribution in [3.8, 4) is 0 Å². The van der Waals surface area contributed by atoms with Crippen molar-refractivity contribution in [2.45, 2.75) is 77.5 Å². The first-order chi connectivity index (χ1) is 15.4. The van der Waals surface area contributed by atoms with Crippen LogP contribution in [0.1, 0.15) is 0 Å². The third kappa shape index (κ3) is 29.0. The molecule has 0 saturated carbocycles. The third-order valence-corrected chi connectivity index (χ3v) is 11.9. The molecule has 0 heterocycles. The summed E-state index contributed by atoms with van der Waals surface area (Å²) in [6.07, 6.45) is -15.5. The summed E-state index contributed by atoms with van der Waals surface area (Å²) in [5, 5.41) is 0. The van der Waals surface area contributed by atoms with Gasteiger partial charge in [-0.2, -0.15) is 39.5 Å². The van der Waals surface area contributed by atoms with Crippen molar-refractivity contribution >= 4 is 41.4 Å². The van der Waals surface area contributed by atoms with Crippen LogP contribution in [0.4, 0.5) is 39.5 Å². The monoisotopic (exact) mass is 642 g/mol. The van der Waals surface area contributed by atoms with Gasteiger partial charge in [0.05, 0.1) is 0 Å². The van der Waals surface area contributed by atoms with E-state index in [2.05, 4.69) is 72.5 Å². The summed E-state index contributed by atoms with van der Waals surface area (Å²) in [4.78, 5) is 0. The molecule has 0 aromatic heterocycles. The maximum Gasteiger partial charge on any atom is 0.475 e. The lowest BCUT2D eigenvalue weighted by Crippen LogP contribution is -2.32. The van der Waals surface area contributed by atoms with Crippen molar-refractivity contribution in [3.05, 3.63) is 0 Å². The van der Waals surface area contributed by atoms with Crippen molar-refractivity contribution in [1.82, 2.24) is 0 Å². The maximum atomic E-state index is 11.7. The van der Waals surface area contributed by atoms with E-state index in [9.17, 15) is 44.1 Å². The van der Waals surface area contributed by atoms with Gasteiger partial charge in [0.2, 0.25) is 0 Å². The van der Waals surface area contributed by atoms with Crippen LogP contribution in [0.25, 0.3) is 0 Å². The van der Waals surface area contributed by atoms with E-state index in [4.69, 9.17) is 12.6 Å². The molecule has 0 aromatic carbocycles. The summed E-state index contributed by atoms with van der Waals surface area (Å²) >= 11 is 0. The van der Waals surface area contributed by atoms with E-state index in [1.165, 1.54) is 0 Å². The summed E-state index contributed by atoms with van der Waals surface area (Å²) in [5.74, 6) is 0. The van der Waals surface area contributed by atoms with Gasteiger partial charge in [-0.3, -0.25) is 13.6 Å². The number of rotatable bonds is 12. The highest BCUT2D eigenvalue weighted by Crippen LogP contribution is 2.52. The molecular weight excluding hydrogens is 609 g/mol. The summed E-state index contributed by atoms with van der Waals surface area (Å²) < 4.78 is 145. The standard InChI is InChI=1S/C9H27O3PSi3.C6H6F9O4P/c1-14(2,3)10-13(11-15(4,5)6)12-16(7,8)9;7-4(8,9)1-17-20(16,18-2-5(10,11)12)19-3-6(13,14)15/h1-9H3;1-3H2. The molecule has 0 amide bonds. The molecule has 0 rings (SSSR count). The fourth-order valence-electron chi connectivity index (χ4n) is 1.30. The van der Waals surface area contributed by atoms with Gasteiger partial charge < -0.3 is 12.6 Å². The Morgan fingerprint density at radius 2 is 0.722 bits per heavy atom. The lowest BCUT2D eigenvalue weighted by molar-refractivity contribution is -0.180. The van der Waals surface area contributed by atoms with Gasteiger partial charge in [0.15, 0.2) is 44.8 Å². The number of alkyl halides is 9. The Balaban J connectivity index is 0. The van der Waals surface area contributed by atoms with E-state index in [1.54, 1.807) is 0 Å². The van der Waals surface area contributed by atoms with Gasteiger partial charge in [0, 0.05) is 0 Å². The van der Waals surface area contributed by atoms with Crippen LogP contribution < -0.4 is 0 Å². The Labute approximate surface area is 209 Å². The summed E-state index contributed by atoms with van der Waals surface area (Å²) in [6, 6.07) is 0. The van der Waals surface area contributed by atoms with Gasteiger partial charge in [-0.15, -0.1) is 0 Å². The van der Waals surface area contributed by atoms with E-state index in [0.717, 1.165) is 0 Å². The number of phosphoric ester groups is 1. The van der Waals surface area contributed by atoms with E-state index in [0.29, 0.717) is 0 Å². The zero-order chi connectivity index (χ0) is 29.4. The second-order valence-corrected chi connectivity index (χ2v) is 26.9. The van der Waals surface area contributed by atoms with E-state index in [1.807, 2.05) is 0 Å². The second-order valence-electron chi connectivity index (χ2n) is 9.95. The predicted molar refractivity (Wildman–Crippen MR) is 124 cm³/mol. The average Bonchev–Trinajstić information content (AvgIpc) is 2.50. The fourth-order valence-corrected chi connectivity index (χ4v) is 9.25. The highest BCUT2D eigenvalue weighted by molar-refractivity contribution is 7.48. The molecule has 0 aromatic rings. The first-order valence-electron chi connectivity index (χ1n) is 10.0. The Bertz CT molecular complexity index is 599. The summed E-state index contributed by atoms with van der Waals surface area (Å²) in [7, 11) is -11.6. The van der Waals surface area contributed by atoms with Crippen LogP contribution in [0, 0.1) is 0 Å². The minimum Gasteiger partial charge on any atom is -0.356 e. The topological polar surface area (TPSA) is 72.5 Å². The van der Waals surface area contributed by atoms with Crippen LogP contribution in [-0.4, -0.2) is 63.3 Å². The molecule has 7 nitrogen and oxygen atoms in total. The van der Waals surface area contributed by atoms with Crippen LogP contribution in [0.2, 0.25) is 58.9 Å². The lowest BCUT2D eigenvalue weighted by Gasteiger charge is -2.32. The Kier molecular flexibility index (Phi) is 15.2. The molecule has 21 heteroatoms.